The number of pyridine rings is 3. The van der Waals surface area contributed by atoms with Crippen LogP contribution in [0.1, 0.15) is 67.9 Å². The number of rotatable bonds is 13. The maximum absolute atomic E-state index is 13.5. The largest absolute Gasteiger partial charge is 0.366 e. The molecule has 0 radical (unpaired) electrons. The molecule has 0 bridgehead atoms. The Balaban J connectivity index is 0.000000140. The minimum Gasteiger partial charge on any atom is -0.366 e. The Kier molecular flexibility index (Phi) is 21.3. The first-order valence-electron chi connectivity index (χ1n) is 33.8. The van der Waals surface area contributed by atoms with Crippen LogP contribution in [0.2, 0.25) is 0 Å². The van der Waals surface area contributed by atoms with Crippen molar-refractivity contribution < 1.29 is 32.3 Å². The van der Waals surface area contributed by atoms with Crippen LogP contribution in [0.15, 0.2) is 225 Å². The maximum atomic E-state index is 13.5. The number of halogens is 3. The van der Waals surface area contributed by atoms with E-state index in [4.69, 9.17) is 0 Å². The van der Waals surface area contributed by atoms with Crippen molar-refractivity contribution in [2.75, 3.05) is 93.2 Å². The van der Waals surface area contributed by atoms with Gasteiger partial charge in [-0.3, -0.25) is 38.1 Å². The molecule has 3 aliphatic heterocycles. The van der Waals surface area contributed by atoms with Gasteiger partial charge in [-0.15, -0.1) is 22.7 Å². The summed E-state index contributed by atoms with van der Waals surface area (Å²) >= 11 is 2.84. The van der Waals surface area contributed by atoms with Crippen LogP contribution in [-0.2, 0) is 19.6 Å². The number of carbonyl (C=O) groups is 4. The van der Waals surface area contributed by atoms with E-state index in [-0.39, 0.29) is 77.0 Å². The van der Waals surface area contributed by atoms with Crippen LogP contribution < -0.4 is 31.4 Å². The third kappa shape index (κ3) is 15.0. The Morgan fingerprint density at radius 1 is 0.352 bits per heavy atom. The highest BCUT2D eigenvalue weighted by Gasteiger charge is 2.32. The molecule has 0 N–H and O–H groups in total. The molecule has 0 saturated carbocycles. The van der Waals surface area contributed by atoms with E-state index >= 15 is 0 Å². The molecule has 3 saturated heterocycles. The minimum absolute atomic E-state index is 0.000133. The van der Waals surface area contributed by atoms with Crippen molar-refractivity contribution in [3.63, 3.8) is 0 Å². The van der Waals surface area contributed by atoms with Crippen LogP contribution >= 0.6 is 22.7 Å². The number of nitrogens with zero attached hydrogens (tertiary/aromatic N) is 12. The number of Topliss-reactive ketones (excluding diaryl/α,β-unsaturated/α-hetero) is 1. The summed E-state index contributed by atoms with van der Waals surface area (Å²) in [7, 11) is 0. The molecular formula is C81H65F3N12O7S2. The molecule has 3 aliphatic rings. The summed E-state index contributed by atoms with van der Waals surface area (Å²) in [5.41, 5.74) is 5.02. The van der Waals surface area contributed by atoms with Gasteiger partial charge in [-0.05, 0) is 101 Å². The topological polar surface area (TPSA) is 225 Å². The van der Waals surface area contributed by atoms with Crippen molar-refractivity contribution in [2.45, 2.75) is 19.6 Å². The van der Waals surface area contributed by atoms with Crippen molar-refractivity contribution in [3.05, 3.63) is 308 Å². The summed E-state index contributed by atoms with van der Waals surface area (Å²) < 4.78 is 44.5. The van der Waals surface area contributed by atoms with E-state index in [1.807, 2.05) is 127 Å². The van der Waals surface area contributed by atoms with E-state index < -0.39 is 16.9 Å². The summed E-state index contributed by atoms with van der Waals surface area (Å²) in [5, 5.41) is 36.0. The van der Waals surface area contributed by atoms with Gasteiger partial charge in [-0.25, -0.2) is 13.2 Å². The average molecular weight is 1440 g/mol. The van der Waals surface area contributed by atoms with Gasteiger partial charge in [-0.1, -0.05) is 121 Å². The van der Waals surface area contributed by atoms with Crippen molar-refractivity contribution in [3.8, 4) is 18.2 Å². The fourth-order valence-corrected chi connectivity index (χ4v) is 15.0. The standard InChI is InChI=1S/C28H22F2N4O2.C27H22N4O3S.C26H21FN4O2S/c29-21-9-5-19(6-10-21)18-34-25-4-2-1-3-23(25)26(24(17-31)28(34)36)32-13-15-33(16-14-32)27(35)20-7-11-22(30)12-8-20;28-17-21-25(29-12-14-30(15-13-29)27(34)24-11-6-16-35-24)20-9-4-5-10-22(20)31(26(21)33)18-23(32)19-7-2-1-3-8-19;27-19-9-7-18(8-10-19)17-31-22-5-2-1-4-20(22)24(21(16-28)25(31)32)29-11-13-30(14-12-29)26(33)23-6-3-15-34-23/h1-12H,13-16,18H2;1-11,16H,12-15,18H2;1-10,15H,11-14,17H2. The molecular weight excluding hydrogens is 1370 g/mol. The van der Waals surface area contributed by atoms with Crippen LogP contribution in [0.25, 0.3) is 32.7 Å². The van der Waals surface area contributed by atoms with Gasteiger partial charge in [0.15, 0.2) is 5.78 Å². The van der Waals surface area contributed by atoms with Gasteiger partial charge in [-0.2, -0.15) is 15.8 Å². The number of amides is 3. The molecule has 7 aromatic carbocycles. The SMILES string of the molecule is N#Cc1c(N2CCN(C(=O)c3ccc(F)cc3)CC2)c2ccccc2n(Cc2ccc(F)cc2)c1=O.N#Cc1c(N2CCN(C(=O)c3cccs3)CC2)c2ccccc2n(CC(=O)c2ccccc2)c1=O.N#Cc1c(N2CCN(C(=O)c3cccs3)CC2)c2ccccc2n(Cc2ccc(F)cc2)c1=O. The fourth-order valence-electron chi connectivity index (χ4n) is 13.6. The van der Waals surface area contributed by atoms with Crippen molar-refractivity contribution >= 4 is 95.9 Å². The predicted octanol–water partition coefficient (Wildman–Crippen LogP) is 12.0. The summed E-state index contributed by atoms with van der Waals surface area (Å²) in [5.74, 6) is -1.48. The van der Waals surface area contributed by atoms with Gasteiger partial charge in [0, 0.05) is 106 Å². The van der Waals surface area contributed by atoms with E-state index in [1.165, 1.54) is 75.8 Å². The first-order chi connectivity index (χ1) is 51.1. The van der Waals surface area contributed by atoms with Crippen molar-refractivity contribution in [1.82, 2.24) is 28.4 Å². The number of aromatic nitrogens is 3. The Morgan fingerprint density at radius 2 is 0.676 bits per heavy atom. The zero-order valence-corrected chi connectivity index (χ0v) is 58.1. The number of ketones is 1. The highest BCUT2D eigenvalue weighted by molar-refractivity contribution is 7.12. The molecule has 24 heteroatoms. The lowest BCUT2D eigenvalue weighted by Gasteiger charge is -2.37. The third-order valence-corrected chi connectivity index (χ3v) is 20.6. The smallest absolute Gasteiger partial charge is 0.271 e. The molecule has 12 aromatic rings. The molecule has 3 fully saturated rings. The molecule has 8 heterocycles. The summed E-state index contributed by atoms with van der Waals surface area (Å²) in [6.07, 6.45) is 0. The Morgan fingerprint density at radius 3 is 1.03 bits per heavy atom. The van der Waals surface area contributed by atoms with Crippen LogP contribution in [-0.4, -0.2) is 130 Å². The molecule has 15 rings (SSSR count). The highest BCUT2D eigenvalue weighted by atomic mass is 32.1. The Labute approximate surface area is 608 Å². The van der Waals surface area contributed by atoms with E-state index in [2.05, 4.69) is 18.2 Å². The molecule has 3 amide bonds. The molecule has 0 unspecified atom stereocenters. The van der Waals surface area contributed by atoms with E-state index in [9.17, 15) is 62.5 Å². The van der Waals surface area contributed by atoms with Crippen LogP contribution in [0, 0.1) is 51.4 Å². The van der Waals surface area contributed by atoms with Gasteiger partial charge in [0.1, 0.15) is 52.3 Å². The fraction of sp³-hybridized carbons (Fsp3) is 0.185. The van der Waals surface area contributed by atoms with Crippen molar-refractivity contribution in [2.24, 2.45) is 0 Å². The van der Waals surface area contributed by atoms with Gasteiger partial charge < -0.3 is 38.5 Å². The van der Waals surface area contributed by atoms with Crippen LogP contribution in [0.3, 0.4) is 0 Å². The van der Waals surface area contributed by atoms with E-state index in [1.54, 1.807) is 73.5 Å². The lowest BCUT2D eigenvalue weighted by molar-refractivity contribution is 0.0740. The number of thiophene rings is 2. The van der Waals surface area contributed by atoms with Crippen molar-refractivity contribution in [1.29, 1.82) is 15.8 Å². The average Bonchev–Trinajstić information content (AvgIpc) is 0.870. The molecule has 19 nitrogen and oxygen atoms in total. The monoisotopic (exact) mass is 1440 g/mol. The second kappa shape index (κ2) is 31.7. The molecule has 0 aliphatic carbocycles. The number of fused-ring (bicyclic) bond motifs is 3. The summed E-state index contributed by atoms with van der Waals surface area (Å²) in [6.45, 7) is 6.01. The number of benzene rings is 7. The van der Waals surface area contributed by atoms with E-state index in [0.717, 1.165) is 27.3 Å². The highest BCUT2D eigenvalue weighted by Crippen LogP contribution is 2.34. The molecule has 524 valence electrons. The first kappa shape index (κ1) is 70.7. The zero-order chi connectivity index (χ0) is 73.3. The van der Waals surface area contributed by atoms with Gasteiger partial charge >= 0.3 is 0 Å². The van der Waals surface area contributed by atoms with Crippen LogP contribution in [0.4, 0.5) is 30.2 Å². The number of para-hydroxylation sites is 3. The number of anilines is 3. The minimum atomic E-state index is -0.484. The molecule has 0 atom stereocenters. The number of hydrogen-bond acceptors (Lipinski definition) is 15. The number of carbonyl (C=O) groups excluding carboxylic acids is 4. The zero-order valence-electron chi connectivity index (χ0n) is 56.5. The Hall–Kier alpha value is -12.7. The molecule has 5 aromatic heterocycles. The van der Waals surface area contributed by atoms with Crippen LogP contribution in [0.5, 0.6) is 0 Å². The quantitative estimate of drug-likeness (QED) is 0.0980. The van der Waals surface area contributed by atoms with Gasteiger partial charge in [0.05, 0.1) is 63.0 Å². The lowest BCUT2D eigenvalue weighted by atomic mass is 10.1. The maximum Gasteiger partial charge on any atom is 0.271 e. The summed E-state index contributed by atoms with van der Waals surface area (Å²) in [4.78, 5) is 104. The first-order valence-corrected chi connectivity index (χ1v) is 35.6. The number of nitriles is 3. The van der Waals surface area contributed by atoms with E-state index in [0.29, 0.717) is 133 Å². The van der Waals surface area contributed by atoms with Gasteiger partial charge in [0.2, 0.25) is 0 Å². The lowest BCUT2D eigenvalue weighted by Crippen LogP contribution is -2.49. The third-order valence-electron chi connectivity index (χ3n) is 18.9. The number of piperazine rings is 3. The van der Waals surface area contributed by atoms with Gasteiger partial charge in [0.25, 0.3) is 34.4 Å². The summed E-state index contributed by atoms with van der Waals surface area (Å²) in [6, 6.07) is 62.1. The Bertz CT molecular complexity index is 5580. The normalized spacial score (nSPS) is 13.6. The molecule has 0 spiro atoms. The molecule has 105 heavy (non-hydrogen) atoms. The second-order valence-corrected chi connectivity index (χ2v) is 27.0. The second-order valence-electron chi connectivity index (χ2n) is 25.1. The number of hydrogen-bond donors (Lipinski definition) is 0. The predicted molar refractivity (Wildman–Crippen MR) is 400 cm³/mol.